The molecule has 0 saturated heterocycles. The van der Waals surface area contributed by atoms with E-state index in [9.17, 15) is 4.21 Å². The lowest BCUT2D eigenvalue weighted by Gasteiger charge is -2.32. The van der Waals surface area contributed by atoms with E-state index in [0.717, 1.165) is 57.6 Å². The molecule has 0 radical (unpaired) electrons. The van der Waals surface area contributed by atoms with Crippen LogP contribution in [0.25, 0.3) is 55.4 Å². The Morgan fingerprint density at radius 2 is 1.65 bits per heavy atom. The van der Waals surface area contributed by atoms with Crippen molar-refractivity contribution in [1.82, 2.24) is 19.3 Å². The lowest BCUT2D eigenvalue weighted by atomic mass is 9.88. The number of benzene rings is 3. The summed E-state index contributed by atoms with van der Waals surface area (Å²) in [6, 6.07) is 21.7. The number of fused-ring (bicyclic) bond motifs is 1. The van der Waals surface area contributed by atoms with Crippen molar-refractivity contribution in [2.24, 2.45) is 7.05 Å². The van der Waals surface area contributed by atoms with Crippen LogP contribution in [0.1, 0.15) is 37.5 Å². The predicted molar refractivity (Wildman–Crippen MR) is 207 cm³/mol. The van der Waals surface area contributed by atoms with Gasteiger partial charge in [-0.25, -0.2) is 4.21 Å². The van der Waals surface area contributed by atoms with E-state index in [2.05, 4.69) is 108 Å². The fourth-order valence-electron chi connectivity index (χ4n) is 6.52. The van der Waals surface area contributed by atoms with Gasteiger partial charge in [0.05, 0.1) is 34.2 Å². The minimum Gasteiger partial charge on any atom is -0.391 e. The summed E-state index contributed by atoms with van der Waals surface area (Å²) in [6.45, 7) is 15.0. The summed E-state index contributed by atoms with van der Waals surface area (Å²) >= 11 is 0. The molecule has 0 spiro atoms. The first-order chi connectivity index (χ1) is 23.4. The standard InChI is InChI=1S/C35H33N5OS.C4H10O.C2H2/c1-6-7-28-23(3)34-35-29(33(28)24-10-8-22(2)9-11-24)20-32(39(35)16-17-40(34)42(5)41)26-14-15-36-30(19-26)25-12-13-31-27(18-25)21-37-38(31)4;1-4(2,3)5;1-2/h6,8-15,18-21H,1,7,16-17H2,2-5H3;5H,1-3H3;1-2H. The van der Waals surface area contributed by atoms with Crippen LogP contribution in [0, 0.1) is 26.7 Å². The zero-order chi connectivity index (χ0) is 35.6. The molecule has 0 fully saturated rings. The van der Waals surface area contributed by atoms with Crippen molar-refractivity contribution in [3.8, 4) is 46.5 Å². The first-order valence-corrected chi connectivity index (χ1v) is 17.8. The van der Waals surface area contributed by atoms with Gasteiger partial charge in [0.25, 0.3) is 0 Å². The summed E-state index contributed by atoms with van der Waals surface area (Å²) in [5.41, 5.74) is 13.1. The van der Waals surface area contributed by atoms with E-state index in [1.807, 2.05) is 30.2 Å². The van der Waals surface area contributed by atoms with Crippen LogP contribution < -0.4 is 4.31 Å². The molecule has 252 valence electrons. The fourth-order valence-corrected chi connectivity index (χ4v) is 7.34. The van der Waals surface area contributed by atoms with Crippen LogP contribution in [0.2, 0.25) is 0 Å². The van der Waals surface area contributed by atoms with Crippen LogP contribution in [-0.4, -0.2) is 47.0 Å². The van der Waals surface area contributed by atoms with Gasteiger partial charge in [0.2, 0.25) is 0 Å². The molecule has 1 N–H and O–H groups in total. The van der Waals surface area contributed by atoms with Gasteiger partial charge in [-0.3, -0.25) is 14.0 Å². The van der Waals surface area contributed by atoms with Crippen molar-refractivity contribution in [2.45, 2.75) is 53.2 Å². The second-order valence-corrected chi connectivity index (χ2v) is 14.6. The van der Waals surface area contributed by atoms with Crippen molar-refractivity contribution in [3.63, 3.8) is 0 Å². The Balaban J connectivity index is 0.000000616. The predicted octanol–water partition coefficient (Wildman–Crippen LogP) is 8.41. The van der Waals surface area contributed by atoms with Crippen LogP contribution in [0.5, 0.6) is 0 Å². The molecule has 4 heterocycles. The maximum absolute atomic E-state index is 13.0. The molecule has 1 unspecified atom stereocenters. The van der Waals surface area contributed by atoms with Gasteiger partial charge < -0.3 is 9.67 Å². The summed E-state index contributed by atoms with van der Waals surface area (Å²) in [6.07, 6.45) is 16.3. The quantitative estimate of drug-likeness (QED) is 0.143. The van der Waals surface area contributed by atoms with Crippen LogP contribution in [-0.2, 0) is 31.0 Å². The number of aromatic nitrogens is 4. The van der Waals surface area contributed by atoms with Gasteiger partial charge in [0.15, 0.2) is 0 Å². The molecule has 3 aromatic heterocycles. The number of hydrogen-bond acceptors (Lipinski definition) is 4. The summed E-state index contributed by atoms with van der Waals surface area (Å²) in [5, 5.41) is 15.2. The third kappa shape index (κ3) is 7.10. The molecule has 1 atom stereocenters. The summed E-state index contributed by atoms with van der Waals surface area (Å²) in [7, 11) is 0.820. The molecule has 0 aliphatic carbocycles. The molecule has 3 aromatic carbocycles. The highest BCUT2D eigenvalue weighted by molar-refractivity contribution is 7.85. The molecule has 7 rings (SSSR count). The van der Waals surface area contributed by atoms with Gasteiger partial charge in [-0.15, -0.1) is 19.4 Å². The SMILES string of the molecule is C#C.C=CCc1c(C)c2c3c(cc(-c4ccnc(-c5ccc6c(cnn6C)c5)c4)n3CCN2S(C)=O)c1-c1ccc(C)cc1.CC(C)(C)O. The molecule has 49 heavy (non-hydrogen) atoms. The number of aliphatic hydroxyl groups is 1. The highest BCUT2D eigenvalue weighted by atomic mass is 32.2. The molecule has 8 heteroatoms. The van der Waals surface area contributed by atoms with Crippen LogP contribution in [0.4, 0.5) is 5.69 Å². The molecule has 0 amide bonds. The van der Waals surface area contributed by atoms with E-state index in [-0.39, 0.29) is 0 Å². The third-order valence-electron chi connectivity index (χ3n) is 8.57. The van der Waals surface area contributed by atoms with Crippen molar-refractivity contribution < 1.29 is 9.32 Å². The number of pyridine rings is 1. The van der Waals surface area contributed by atoms with Crippen LogP contribution in [0.3, 0.4) is 0 Å². The van der Waals surface area contributed by atoms with Gasteiger partial charge in [-0.05, 0) is 93.6 Å². The molecule has 0 bridgehead atoms. The zero-order valence-electron chi connectivity index (χ0n) is 29.5. The average Bonchev–Trinajstić information content (AvgIpc) is 3.65. The normalized spacial score (nSPS) is 13.0. The first kappa shape index (κ1) is 35.3. The highest BCUT2D eigenvalue weighted by Gasteiger charge is 2.30. The number of nitrogens with zero attached hydrogens (tertiary/aromatic N) is 5. The smallest absolute Gasteiger partial charge is 0.116 e. The van der Waals surface area contributed by atoms with E-state index < -0.39 is 16.6 Å². The lowest BCUT2D eigenvalue weighted by Crippen LogP contribution is -2.33. The molecular formula is C41H45N5O2S. The highest BCUT2D eigenvalue weighted by Crippen LogP contribution is 2.47. The Morgan fingerprint density at radius 1 is 0.980 bits per heavy atom. The number of terminal acetylenes is 1. The summed E-state index contributed by atoms with van der Waals surface area (Å²) < 4.78 is 19.4. The largest absolute Gasteiger partial charge is 0.391 e. The molecule has 1 aliphatic rings. The summed E-state index contributed by atoms with van der Waals surface area (Å²) in [5.74, 6) is 0. The van der Waals surface area contributed by atoms with Crippen LogP contribution >= 0.6 is 0 Å². The van der Waals surface area contributed by atoms with Gasteiger partial charge in [0, 0.05) is 60.2 Å². The zero-order valence-corrected chi connectivity index (χ0v) is 30.3. The molecular weight excluding hydrogens is 627 g/mol. The van der Waals surface area contributed by atoms with Gasteiger partial charge >= 0.3 is 0 Å². The molecule has 0 saturated carbocycles. The minimum atomic E-state index is -1.14. The van der Waals surface area contributed by atoms with Gasteiger partial charge in [-0.1, -0.05) is 42.0 Å². The molecule has 7 nitrogen and oxygen atoms in total. The van der Waals surface area contributed by atoms with Crippen molar-refractivity contribution in [1.29, 1.82) is 0 Å². The van der Waals surface area contributed by atoms with Gasteiger partial charge in [0.1, 0.15) is 11.0 Å². The number of allylic oxidation sites excluding steroid dienone is 1. The molecule has 6 aromatic rings. The monoisotopic (exact) mass is 671 g/mol. The number of rotatable bonds is 6. The Kier molecular flexibility index (Phi) is 10.3. The van der Waals surface area contributed by atoms with E-state index in [0.29, 0.717) is 6.54 Å². The Bertz CT molecular complexity index is 2190. The Hall–Kier alpha value is -4.97. The maximum Gasteiger partial charge on any atom is 0.116 e. The van der Waals surface area contributed by atoms with Crippen molar-refractivity contribution in [2.75, 3.05) is 17.1 Å². The topological polar surface area (TPSA) is 76.2 Å². The van der Waals surface area contributed by atoms with Crippen molar-refractivity contribution >= 4 is 38.5 Å². The van der Waals surface area contributed by atoms with Crippen molar-refractivity contribution in [3.05, 3.63) is 102 Å². The number of anilines is 1. The van der Waals surface area contributed by atoms with E-state index >= 15 is 0 Å². The second-order valence-electron chi connectivity index (χ2n) is 13.3. The van der Waals surface area contributed by atoms with E-state index in [1.165, 1.54) is 33.2 Å². The molecule has 1 aliphatic heterocycles. The van der Waals surface area contributed by atoms with Gasteiger partial charge in [-0.2, -0.15) is 5.10 Å². The Morgan fingerprint density at radius 3 is 2.31 bits per heavy atom. The van der Waals surface area contributed by atoms with E-state index in [4.69, 9.17) is 10.1 Å². The lowest BCUT2D eigenvalue weighted by molar-refractivity contribution is 0.102. The maximum atomic E-state index is 13.0. The third-order valence-corrected chi connectivity index (χ3v) is 9.56. The van der Waals surface area contributed by atoms with E-state index in [1.54, 1.807) is 27.0 Å². The second kappa shape index (κ2) is 14.3. The van der Waals surface area contributed by atoms with Crippen LogP contribution in [0.15, 0.2) is 85.7 Å². The Labute approximate surface area is 292 Å². The minimum absolute atomic E-state index is 0.500. The number of hydrogen-bond donors (Lipinski definition) is 1. The average molecular weight is 672 g/mol. The first-order valence-electron chi connectivity index (χ1n) is 16.3. The summed E-state index contributed by atoms with van der Waals surface area (Å²) in [4.78, 5) is 4.75. The number of aryl methyl sites for hydroxylation is 2. The fraction of sp³-hybridized carbons (Fsp3) is 0.268.